The van der Waals surface area contributed by atoms with Gasteiger partial charge in [-0.15, -0.1) is 11.8 Å². The number of ether oxygens (including phenoxy) is 4. The first-order valence-corrected chi connectivity index (χ1v) is 14.9. The average molecular weight is 549 g/mol. The molecule has 1 saturated carbocycles. The molecule has 39 heavy (non-hydrogen) atoms. The molecule has 1 aliphatic carbocycles. The number of carboxylic acid groups (broad SMARTS) is 1. The van der Waals surface area contributed by atoms with Gasteiger partial charge in [0.2, 0.25) is 0 Å². The van der Waals surface area contributed by atoms with E-state index in [-0.39, 0.29) is 61.2 Å². The van der Waals surface area contributed by atoms with Crippen molar-refractivity contribution in [2.24, 2.45) is 17.8 Å². The fraction of sp³-hybridized carbons (Fsp3) is 0.806. The van der Waals surface area contributed by atoms with E-state index in [1.54, 1.807) is 0 Å². The second-order valence-electron chi connectivity index (χ2n) is 11.2. The third kappa shape index (κ3) is 11.0. The van der Waals surface area contributed by atoms with Gasteiger partial charge in [0.15, 0.2) is 12.6 Å². The normalized spacial score (nSPS) is 30.9. The molecular formula is C31H48O8. The third-order valence-electron chi connectivity index (χ3n) is 8.05. The van der Waals surface area contributed by atoms with Crippen molar-refractivity contribution in [3.05, 3.63) is 12.2 Å². The van der Waals surface area contributed by atoms with Crippen LogP contribution in [-0.2, 0) is 28.5 Å². The molecule has 8 heteroatoms. The molecule has 220 valence electrons. The summed E-state index contributed by atoms with van der Waals surface area (Å²) in [7, 11) is 0. The standard InChI is InChI=1S/C31H48O8/c1-3-4-11-22(2)27(38-30-14-7-9-18-36-30)17-16-24-25(20-23(32)12-5-6-13-29(34)35)26(33)21-28(24)39-31-15-8-10-19-37-31/h16-17,22,24-28,30-31,33H,5-15,18-21H2,1-2H3,(H,34,35)/b17-16+/t22?,24-,25-,26+,27-,28-,30?,31?/m1/s1. The highest BCUT2D eigenvalue weighted by Crippen LogP contribution is 2.40. The molecule has 3 aliphatic rings. The van der Waals surface area contributed by atoms with Crippen LogP contribution < -0.4 is 0 Å². The molecule has 3 rings (SSSR count). The maximum atomic E-state index is 12.9. The zero-order valence-electron chi connectivity index (χ0n) is 23.7. The smallest absolute Gasteiger partial charge is 0.303 e. The second-order valence-corrected chi connectivity index (χ2v) is 11.2. The van der Waals surface area contributed by atoms with E-state index in [1.807, 2.05) is 6.92 Å². The Balaban J connectivity index is 1.73. The number of carbonyl (C=O) groups excluding carboxylic acids is 1. The lowest BCUT2D eigenvalue weighted by Crippen LogP contribution is -2.32. The Morgan fingerprint density at radius 1 is 1.05 bits per heavy atom. The van der Waals surface area contributed by atoms with E-state index in [1.165, 1.54) is 0 Å². The largest absolute Gasteiger partial charge is 0.481 e. The summed E-state index contributed by atoms with van der Waals surface area (Å²) >= 11 is 0. The van der Waals surface area contributed by atoms with Crippen molar-refractivity contribution >= 4 is 11.8 Å². The molecule has 0 aromatic heterocycles. The Kier molecular flexibility index (Phi) is 14.0. The van der Waals surface area contributed by atoms with Crippen LogP contribution in [0.15, 0.2) is 12.2 Å². The Morgan fingerprint density at radius 2 is 1.74 bits per heavy atom. The van der Waals surface area contributed by atoms with Gasteiger partial charge in [0.1, 0.15) is 5.78 Å². The van der Waals surface area contributed by atoms with Gasteiger partial charge in [-0.1, -0.05) is 19.1 Å². The first kappa shape index (κ1) is 31.8. The lowest BCUT2D eigenvalue weighted by molar-refractivity contribution is -0.193. The number of aliphatic hydroxyl groups is 1. The Bertz CT molecular complexity index is 833. The molecule has 2 heterocycles. The second kappa shape index (κ2) is 17.1. The molecule has 2 N–H and O–H groups in total. The monoisotopic (exact) mass is 548 g/mol. The molecule has 0 bridgehead atoms. The van der Waals surface area contributed by atoms with Gasteiger partial charge >= 0.3 is 5.97 Å². The summed E-state index contributed by atoms with van der Waals surface area (Å²) < 4.78 is 24.5. The maximum absolute atomic E-state index is 12.9. The average Bonchev–Trinajstić information content (AvgIpc) is 3.21. The van der Waals surface area contributed by atoms with Crippen molar-refractivity contribution < 1.29 is 38.7 Å². The highest BCUT2D eigenvalue weighted by molar-refractivity contribution is 5.78. The van der Waals surface area contributed by atoms with Crippen molar-refractivity contribution in [3.8, 4) is 11.8 Å². The summed E-state index contributed by atoms with van der Waals surface area (Å²) in [5, 5.41) is 19.9. The van der Waals surface area contributed by atoms with Gasteiger partial charge in [-0.05, 0) is 64.2 Å². The summed E-state index contributed by atoms with van der Waals surface area (Å²) in [4.78, 5) is 23.6. The van der Waals surface area contributed by atoms with Crippen molar-refractivity contribution in [2.75, 3.05) is 13.2 Å². The minimum atomic E-state index is -0.849. The lowest BCUT2D eigenvalue weighted by Gasteiger charge is -2.31. The Labute approximate surface area is 233 Å². The van der Waals surface area contributed by atoms with Crippen LogP contribution in [0.2, 0.25) is 0 Å². The Hall–Kier alpha value is -1.76. The van der Waals surface area contributed by atoms with Crippen LogP contribution in [0.1, 0.15) is 97.3 Å². The predicted octanol–water partition coefficient (Wildman–Crippen LogP) is 5.02. The van der Waals surface area contributed by atoms with Gasteiger partial charge in [-0.3, -0.25) is 9.59 Å². The van der Waals surface area contributed by atoms with Crippen molar-refractivity contribution in [1.29, 1.82) is 0 Å². The number of Topliss-reactive ketones (excluding diaryl/α,β-unsaturated/α-hetero) is 1. The van der Waals surface area contributed by atoms with Gasteiger partial charge in [0.05, 0.1) is 18.3 Å². The molecule has 0 amide bonds. The molecule has 0 aromatic rings. The fourth-order valence-electron chi connectivity index (χ4n) is 5.74. The van der Waals surface area contributed by atoms with E-state index < -0.39 is 12.1 Å². The van der Waals surface area contributed by atoms with E-state index in [9.17, 15) is 14.7 Å². The van der Waals surface area contributed by atoms with Crippen LogP contribution in [0.4, 0.5) is 0 Å². The van der Waals surface area contributed by atoms with Crippen molar-refractivity contribution in [3.63, 3.8) is 0 Å². The number of aliphatic carboxylic acids is 1. The molecule has 3 unspecified atom stereocenters. The number of carbonyl (C=O) groups is 2. The number of carboxylic acids is 1. The molecule has 0 aromatic carbocycles. The fourth-order valence-corrected chi connectivity index (χ4v) is 5.74. The highest BCUT2D eigenvalue weighted by atomic mass is 16.7. The van der Waals surface area contributed by atoms with Crippen molar-refractivity contribution in [1.82, 2.24) is 0 Å². The molecule has 0 radical (unpaired) electrons. The Morgan fingerprint density at radius 3 is 2.38 bits per heavy atom. The minimum absolute atomic E-state index is 0.0485. The van der Waals surface area contributed by atoms with Gasteiger partial charge in [0, 0.05) is 57.2 Å². The van der Waals surface area contributed by atoms with E-state index >= 15 is 0 Å². The number of unbranched alkanes of at least 4 members (excludes halogenated alkanes) is 1. The molecule has 0 spiro atoms. The van der Waals surface area contributed by atoms with Crippen LogP contribution in [0.5, 0.6) is 0 Å². The summed E-state index contributed by atoms with van der Waals surface area (Å²) in [6.07, 6.45) is 11.1. The van der Waals surface area contributed by atoms with Gasteiger partial charge in [-0.25, -0.2) is 0 Å². The zero-order chi connectivity index (χ0) is 28.0. The number of rotatable bonds is 15. The van der Waals surface area contributed by atoms with Crippen LogP contribution >= 0.6 is 0 Å². The molecular weight excluding hydrogens is 500 g/mol. The maximum Gasteiger partial charge on any atom is 0.303 e. The quantitative estimate of drug-likeness (QED) is 0.167. The third-order valence-corrected chi connectivity index (χ3v) is 8.05. The topological polar surface area (TPSA) is 112 Å². The molecule has 2 saturated heterocycles. The van der Waals surface area contributed by atoms with Crippen LogP contribution in [0, 0.1) is 29.6 Å². The van der Waals surface area contributed by atoms with Crippen LogP contribution in [0.3, 0.4) is 0 Å². The minimum Gasteiger partial charge on any atom is -0.481 e. The van der Waals surface area contributed by atoms with E-state index in [4.69, 9.17) is 24.1 Å². The first-order chi connectivity index (χ1) is 18.9. The van der Waals surface area contributed by atoms with E-state index in [2.05, 4.69) is 30.9 Å². The van der Waals surface area contributed by atoms with Crippen LogP contribution in [0.25, 0.3) is 0 Å². The van der Waals surface area contributed by atoms with Gasteiger partial charge < -0.3 is 29.2 Å². The zero-order valence-corrected chi connectivity index (χ0v) is 23.7. The molecule has 3 fully saturated rings. The number of hydrogen-bond donors (Lipinski definition) is 2. The highest BCUT2D eigenvalue weighted by Gasteiger charge is 2.44. The van der Waals surface area contributed by atoms with E-state index in [0.717, 1.165) is 38.5 Å². The summed E-state index contributed by atoms with van der Waals surface area (Å²) in [5.41, 5.74) is 0. The van der Waals surface area contributed by atoms with Crippen molar-refractivity contribution in [2.45, 2.75) is 128 Å². The number of ketones is 1. The van der Waals surface area contributed by atoms with E-state index in [0.29, 0.717) is 45.3 Å². The van der Waals surface area contributed by atoms with Gasteiger partial charge in [0.25, 0.3) is 0 Å². The summed E-state index contributed by atoms with van der Waals surface area (Å²) in [5.74, 6) is 5.02. The predicted molar refractivity (Wildman–Crippen MR) is 147 cm³/mol. The summed E-state index contributed by atoms with van der Waals surface area (Å²) in [6.45, 7) is 5.33. The number of aliphatic hydroxyl groups excluding tert-OH is 1. The summed E-state index contributed by atoms with van der Waals surface area (Å²) in [6, 6.07) is 0. The molecule has 8 atom stereocenters. The molecule has 8 nitrogen and oxygen atoms in total. The number of hydrogen-bond acceptors (Lipinski definition) is 7. The SMILES string of the molecule is CC#CCC(C)[C@@H](/C=C/[C@@H]1[C@@H](CC(=O)CCCCC(=O)O)[C@@H](O)C[C@H]1OC1CCCCO1)OC1CCCCO1. The lowest BCUT2D eigenvalue weighted by atomic mass is 9.86. The molecule has 2 aliphatic heterocycles. The van der Waals surface area contributed by atoms with Gasteiger partial charge in [-0.2, -0.15) is 0 Å². The first-order valence-electron chi connectivity index (χ1n) is 14.9. The van der Waals surface area contributed by atoms with Crippen LogP contribution in [-0.4, -0.2) is 66.1 Å².